The maximum Gasteiger partial charge on any atom is 0.433 e. The van der Waals surface area contributed by atoms with Crippen molar-refractivity contribution in [1.29, 1.82) is 0 Å². The van der Waals surface area contributed by atoms with Gasteiger partial charge in [-0.1, -0.05) is 17.7 Å². The number of rotatable bonds is 7. The smallest absolute Gasteiger partial charge is 0.404 e. The molecule has 3 heterocycles. The molecule has 0 saturated heterocycles. The third-order valence-electron chi connectivity index (χ3n) is 5.73. The molecule has 0 aliphatic heterocycles. The van der Waals surface area contributed by atoms with E-state index in [0.717, 1.165) is 31.3 Å². The molecule has 0 bridgehead atoms. The van der Waals surface area contributed by atoms with Crippen LogP contribution in [0.5, 0.6) is 5.75 Å². The Kier molecular flexibility index (Phi) is 8.48. The van der Waals surface area contributed by atoms with Crippen LogP contribution < -0.4 is 14.8 Å². The lowest BCUT2D eigenvalue weighted by Gasteiger charge is -2.22. The van der Waals surface area contributed by atoms with E-state index in [1.54, 1.807) is 0 Å². The van der Waals surface area contributed by atoms with Gasteiger partial charge in [-0.15, -0.1) is 11.3 Å². The number of benzene rings is 1. The monoisotopic (exact) mass is 671 g/mol. The molecule has 4 rings (SSSR count). The van der Waals surface area contributed by atoms with Crippen LogP contribution in [0.15, 0.2) is 40.7 Å². The SMILES string of the molecule is Cc1cc(-c2cc(C(F)(F)F)n3ncc(OC(=O)Nc4cc(S(=O)(=O)NC(C)(C)CO)sc4Cl)c3n2)ccc1C(F)(F)F. The van der Waals surface area contributed by atoms with E-state index in [1.807, 2.05) is 0 Å². The predicted molar refractivity (Wildman–Crippen MR) is 144 cm³/mol. The molecular formula is C24H20ClF6N5O5S2. The van der Waals surface area contributed by atoms with Gasteiger partial charge in [0.25, 0.3) is 10.0 Å². The molecule has 232 valence electrons. The summed E-state index contributed by atoms with van der Waals surface area (Å²) in [5.74, 6) is -0.556. The second kappa shape index (κ2) is 11.2. The first-order valence-corrected chi connectivity index (χ1v) is 14.5. The number of carbonyl (C=O) groups is 1. The highest BCUT2D eigenvalue weighted by molar-refractivity contribution is 7.91. The number of hydrogen-bond donors (Lipinski definition) is 3. The minimum Gasteiger partial charge on any atom is -0.404 e. The number of alkyl halides is 6. The molecule has 10 nitrogen and oxygen atoms in total. The van der Waals surface area contributed by atoms with E-state index in [2.05, 4.69) is 20.1 Å². The average molecular weight is 672 g/mol. The molecule has 0 spiro atoms. The van der Waals surface area contributed by atoms with Crippen molar-refractivity contribution in [3.05, 3.63) is 57.7 Å². The molecule has 3 aromatic heterocycles. The molecule has 19 heteroatoms. The number of thiophene rings is 1. The number of carbonyl (C=O) groups excluding carboxylic acids is 1. The molecule has 0 aliphatic carbocycles. The van der Waals surface area contributed by atoms with Crippen LogP contribution in [0.3, 0.4) is 0 Å². The zero-order valence-electron chi connectivity index (χ0n) is 22.1. The molecule has 1 amide bonds. The van der Waals surface area contributed by atoms with Gasteiger partial charge in [-0.2, -0.15) is 31.4 Å². The lowest BCUT2D eigenvalue weighted by atomic mass is 10.0. The average Bonchev–Trinajstić information content (AvgIpc) is 3.45. The molecule has 0 atom stereocenters. The maximum atomic E-state index is 13.9. The van der Waals surface area contributed by atoms with Crippen LogP contribution >= 0.6 is 22.9 Å². The van der Waals surface area contributed by atoms with Gasteiger partial charge in [-0.25, -0.2) is 27.4 Å². The maximum absolute atomic E-state index is 13.9. The molecule has 0 aliphatic rings. The van der Waals surface area contributed by atoms with Crippen molar-refractivity contribution in [1.82, 2.24) is 19.3 Å². The number of hydrogen-bond acceptors (Lipinski definition) is 8. The summed E-state index contributed by atoms with van der Waals surface area (Å²) in [4.78, 5) is 16.7. The molecule has 1 aromatic carbocycles. The first-order chi connectivity index (χ1) is 19.7. The van der Waals surface area contributed by atoms with Crippen LogP contribution in [0, 0.1) is 6.92 Å². The topological polar surface area (TPSA) is 135 Å². The van der Waals surface area contributed by atoms with E-state index < -0.39 is 63.3 Å². The second-order valence-corrected chi connectivity index (χ2v) is 13.3. The fourth-order valence-electron chi connectivity index (χ4n) is 3.75. The predicted octanol–water partition coefficient (Wildman–Crippen LogP) is 6.12. The highest BCUT2D eigenvalue weighted by Crippen LogP contribution is 2.38. The largest absolute Gasteiger partial charge is 0.433 e. The number of anilines is 1. The van der Waals surface area contributed by atoms with Crippen LogP contribution in [-0.4, -0.2) is 46.4 Å². The number of aliphatic hydroxyl groups excluding tert-OH is 1. The van der Waals surface area contributed by atoms with E-state index in [9.17, 15) is 44.7 Å². The number of aromatic nitrogens is 3. The number of aryl methyl sites for hydroxylation is 1. The molecular weight excluding hydrogens is 652 g/mol. The molecule has 43 heavy (non-hydrogen) atoms. The number of nitrogens with one attached hydrogen (secondary N) is 2. The Morgan fingerprint density at radius 3 is 2.37 bits per heavy atom. The molecule has 0 fully saturated rings. The Labute approximate surface area is 248 Å². The van der Waals surface area contributed by atoms with Crippen LogP contribution in [0.2, 0.25) is 4.34 Å². The number of amides is 1. The normalized spacial score (nSPS) is 13.0. The van der Waals surface area contributed by atoms with Gasteiger partial charge >= 0.3 is 18.4 Å². The second-order valence-electron chi connectivity index (χ2n) is 9.71. The van der Waals surface area contributed by atoms with E-state index >= 15 is 0 Å². The van der Waals surface area contributed by atoms with Crippen LogP contribution in [0.1, 0.15) is 30.7 Å². The zero-order valence-corrected chi connectivity index (χ0v) is 24.4. The summed E-state index contributed by atoms with van der Waals surface area (Å²) in [7, 11) is -4.17. The van der Waals surface area contributed by atoms with Crippen LogP contribution in [0.4, 0.5) is 36.8 Å². The van der Waals surface area contributed by atoms with Gasteiger partial charge in [0.15, 0.2) is 17.1 Å². The van der Waals surface area contributed by atoms with Gasteiger partial charge in [0, 0.05) is 5.56 Å². The van der Waals surface area contributed by atoms with Crippen LogP contribution in [0.25, 0.3) is 16.9 Å². The minimum absolute atomic E-state index is 0.0770. The highest BCUT2D eigenvalue weighted by Gasteiger charge is 2.37. The summed E-state index contributed by atoms with van der Waals surface area (Å²) in [5.41, 5.74) is -5.06. The summed E-state index contributed by atoms with van der Waals surface area (Å²) in [6.07, 6.45) is -10.2. The third-order valence-corrected chi connectivity index (χ3v) is 9.26. The Bertz CT molecular complexity index is 1820. The number of nitrogens with zero attached hydrogens (tertiary/aromatic N) is 3. The lowest BCUT2D eigenvalue weighted by Crippen LogP contribution is -2.45. The fraction of sp³-hybridized carbons (Fsp3) is 0.292. The summed E-state index contributed by atoms with van der Waals surface area (Å²) in [5, 5.41) is 15.1. The van der Waals surface area contributed by atoms with E-state index in [0.29, 0.717) is 28.0 Å². The number of halogens is 7. The summed E-state index contributed by atoms with van der Waals surface area (Å²) in [6.45, 7) is 3.47. The van der Waals surface area contributed by atoms with E-state index in [1.165, 1.54) is 13.8 Å². The first-order valence-electron chi connectivity index (χ1n) is 11.8. The van der Waals surface area contributed by atoms with Crippen molar-refractivity contribution in [2.45, 2.75) is 42.9 Å². The Morgan fingerprint density at radius 1 is 1.12 bits per heavy atom. The molecule has 4 aromatic rings. The van der Waals surface area contributed by atoms with Crippen molar-refractivity contribution in [2.24, 2.45) is 0 Å². The highest BCUT2D eigenvalue weighted by atomic mass is 35.5. The molecule has 0 saturated carbocycles. The fourth-order valence-corrected chi connectivity index (χ4v) is 6.79. The first kappa shape index (κ1) is 32.5. The molecule has 0 unspecified atom stereocenters. The van der Waals surface area contributed by atoms with Gasteiger partial charge in [-0.05, 0) is 50.6 Å². The van der Waals surface area contributed by atoms with Crippen molar-refractivity contribution < 1.29 is 49.4 Å². The van der Waals surface area contributed by atoms with Gasteiger partial charge in [-0.3, -0.25) is 5.32 Å². The lowest BCUT2D eigenvalue weighted by molar-refractivity contribution is -0.142. The van der Waals surface area contributed by atoms with Crippen molar-refractivity contribution >= 4 is 50.4 Å². The Hall–Kier alpha value is -3.45. The van der Waals surface area contributed by atoms with Crippen molar-refractivity contribution in [3.8, 4) is 17.0 Å². The quantitative estimate of drug-likeness (QED) is 0.202. The number of aliphatic hydroxyl groups is 1. The zero-order chi connectivity index (χ0) is 32.1. The van der Waals surface area contributed by atoms with E-state index in [4.69, 9.17) is 16.3 Å². The van der Waals surface area contributed by atoms with Crippen molar-refractivity contribution in [2.75, 3.05) is 11.9 Å². The standard InChI is InChI=1S/C24H20ClF6N5O5S2/c1-11-6-12(4-5-13(11)23(26,27)28)14-7-17(24(29,30)31)36-20(33-14)16(9-32-36)41-21(38)34-15-8-18(42-19(15)25)43(39,40)35-22(2,3)10-37/h4-9,35,37H,10H2,1-3H3,(H,34,38). The van der Waals surface area contributed by atoms with Gasteiger partial charge < -0.3 is 9.84 Å². The molecule has 0 radical (unpaired) electrons. The van der Waals surface area contributed by atoms with Gasteiger partial charge in [0.05, 0.1) is 35.3 Å². The van der Waals surface area contributed by atoms with Gasteiger partial charge in [0.1, 0.15) is 8.55 Å². The number of fused-ring (bicyclic) bond motifs is 1. The van der Waals surface area contributed by atoms with E-state index in [-0.39, 0.29) is 31.1 Å². The van der Waals surface area contributed by atoms with Crippen LogP contribution in [-0.2, 0) is 22.4 Å². The number of ether oxygens (including phenoxy) is 1. The van der Waals surface area contributed by atoms with Crippen molar-refractivity contribution in [3.63, 3.8) is 0 Å². The Balaban J connectivity index is 1.67. The minimum atomic E-state index is -4.99. The molecule has 3 N–H and O–H groups in total. The summed E-state index contributed by atoms with van der Waals surface area (Å²) in [6, 6.07) is 4.28. The summed E-state index contributed by atoms with van der Waals surface area (Å²) < 4.78 is 114. The third kappa shape index (κ3) is 7.04. The summed E-state index contributed by atoms with van der Waals surface area (Å²) >= 11 is 6.64. The number of sulfonamides is 1. The van der Waals surface area contributed by atoms with Gasteiger partial charge in [0.2, 0.25) is 0 Å². The Morgan fingerprint density at radius 2 is 1.79 bits per heavy atom.